The predicted molar refractivity (Wildman–Crippen MR) is 47.4 cm³/mol. The molecule has 0 aliphatic rings. The number of aromatic nitrogens is 3. The van der Waals surface area contributed by atoms with Gasteiger partial charge < -0.3 is 10.8 Å². The Morgan fingerprint density at radius 1 is 1.23 bits per heavy atom. The van der Waals surface area contributed by atoms with Gasteiger partial charge in [-0.25, -0.2) is 0 Å². The lowest BCUT2D eigenvalue weighted by atomic mass is 10.2. The molecule has 1 aromatic heterocycles. The third-order valence-electron chi connectivity index (χ3n) is 1.70. The van der Waals surface area contributed by atoms with Gasteiger partial charge in [-0.05, 0) is 18.2 Å². The first kappa shape index (κ1) is 7.60. The van der Waals surface area contributed by atoms with Crippen molar-refractivity contribution in [3.05, 3.63) is 30.9 Å². The molecule has 2 aromatic rings. The van der Waals surface area contributed by atoms with Gasteiger partial charge in [0.15, 0.2) is 0 Å². The summed E-state index contributed by atoms with van der Waals surface area (Å²) in [6.45, 7) is 0. The fourth-order valence-electron chi connectivity index (χ4n) is 1.07. The topological polar surface area (TPSA) is 77.0 Å². The van der Waals surface area contributed by atoms with Crippen LogP contribution in [0.2, 0.25) is 0 Å². The fourth-order valence-corrected chi connectivity index (χ4v) is 1.07. The molecule has 0 aliphatic carbocycles. The van der Waals surface area contributed by atoms with E-state index in [4.69, 9.17) is 5.73 Å². The molecule has 5 nitrogen and oxygen atoms in total. The second-order valence-electron chi connectivity index (χ2n) is 2.62. The number of phenolic OH excluding ortho intramolecular Hbond substituents is 1. The summed E-state index contributed by atoms with van der Waals surface area (Å²) in [5, 5.41) is 16.7. The molecule has 0 unspecified atom stereocenters. The number of nitrogen functional groups attached to an aromatic ring is 1. The van der Waals surface area contributed by atoms with Crippen LogP contribution in [-0.2, 0) is 0 Å². The van der Waals surface area contributed by atoms with Gasteiger partial charge in [-0.1, -0.05) is 0 Å². The van der Waals surface area contributed by atoms with E-state index in [1.165, 1.54) is 18.7 Å². The summed E-state index contributed by atoms with van der Waals surface area (Å²) in [4.78, 5) is 0. The van der Waals surface area contributed by atoms with E-state index >= 15 is 0 Å². The van der Waals surface area contributed by atoms with Crippen LogP contribution in [0.4, 0.5) is 5.69 Å². The van der Waals surface area contributed by atoms with Gasteiger partial charge in [-0.15, -0.1) is 10.2 Å². The highest BCUT2D eigenvalue weighted by molar-refractivity contribution is 5.55. The molecular weight excluding hydrogens is 168 g/mol. The molecule has 2 rings (SSSR count). The third kappa shape index (κ3) is 1.31. The first-order valence-corrected chi connectivity index (χ1v) is 3.71. The maximum absolute atomic E-state index is 9.47. The van der Waals surface area contributed by atoms with Crippen LogP contribution in [0.15, 0.2) is 30.9 Å². The highest BCUT2D eigenvalue weighted by Crippen LogP contribution is 2.22. The van der Waals surface area contributed by atoms with Crippen LogP contribution in [0, 0.1) is 0 Å². The van der Waals surface area contributed by atoms with Crippen molar-refractivity contribution in [2.24, 2.45) is 0 Å². The number of hydrogen-bond donors (Lipinski definition) is 2. The lowest BCUT2D eigenvalue weighted by Gasteiger charge is -2.04. The molecule has 0 fully saturated rings. The highest BCUT2D eigenvalue weighted by Gasteiger charge is 2.02. The first-order valence-electron chi connectivity index (χ1n) is 3.71. The van der Waals surface area contributed by atoms with Crippen molar-refractivity contribution in [2.45, 2.75) is 0 Å². The molecule has 0 amide bonds. The Morgan fingerprint density at radius 2 is 1.92 bits per heavy atom. The zero-order valence-corrected chi connectivity index (χ0v) is 6.75. The van der Waals surface area contributed by atoms with Crippen molar-refractivity contribution < 1.29 is 5.11 Å². The fraction of sp³-hybridized carbons (Fsp3) is 0. The van der Waals surface area contributed by atoms with E-state index in [1.54, 1.807) is 16.7 Å². The van der Waals surface area contributed by atoms with Crippen LogP contribution < -0.4 is 5.73 Å². The number of anilines is 1. The van der Waals surface area contributed by atoms with Gasteiger partial charge in [-0.3, -0.25) is 4.57 Å². The zero-order valence-electron chi connectivity index (χ0n) is 6.75. The van der Waals surface area contributed by atoms with Gasteiger partial charge in [0.05, 0.1) is 5.69 Å². The average molecular weight is 176 g/mol. The van der Waals surface area contributed by atoms with Crippen LogP contribution in [0.3, 0.4) is 0 Å². The lowest BCUT2D eigenvalue weighted by molar-refractivity contribution is 0.472. The van der Waals surface area contributed by atoms with E-state index in [2.05, 4.69) is 10.2 Å². The van der Waals surface area contributed by atoms with Crippen molar-refractivity contribution in [1.82, 2.24) is 14.8 Å². The number of hydrogen-bond acceptors (Lipinski definition) is 4. The number of benzene rings is 1. The SMILES string of the molecule is Nc1ccc(O)c(-n2cnnc2)c1. The van der Waals surface area contributed by atoms with E-state index in [-0.39, 0.29) is 5.75 Å². The predicted octanol–water partition coefficient (Wildman–Crippen LogP) is 0.555. The number of rotatable bonds is 1. The molecule has 0 atom stereocenters. The largest absolute Gasteiger partial charge is 0.506 e. The van der Waals surface area contributed by atoms with Crippen LogP contribution >= 0.6 is 0 Å². The van der Waals surface area contributed by atoms with Crippen LogP contribution in [0.5, 0.6) is 5.75 Å². The molecule has 0 aliphatic heterocycles. The molecule has 0 saturated carbocycles. The number of nitrogens with two attached hydrogens (primary N) is 1. The molecule has 5 heteroatoms. The van der Waals surface area contributed by atoms with E-state index < -0.39 is 0 Å². The quantitative estimate of drug-likeness (QED) is 0.491. The molecule has 1 aromatic carbocycles. The molecular formula is C8H8N4O. The summed E-state index contributed by atoms with van der Waals surface area (Å²) in [7, 11) is 0. The summed E-state index contributed by atoms with van der Waals surface area (Å²) >= 11 is 0. The van der Waals surface area contributed by atoms with Gasteiger partial charge in [-0.2, -0.15) is 0 Å². The van der Waals surface area contributed by atoms with Gasteiger partial charge in [0.2, 0.25) is 0 Å². The minimum Gasteiger partial charge on any atom is -0.506 e. The second-order valence-corrected chi connectivity index (χ2v) is 2.62. The molecule has 0 spiro atoms. The summed E-state index contributed by atoms with van der Waals surface area (Å²) < 4.78 is 1.59. The summed E-state index contributed by atoms with van der Waals surface area (Å²) in [5.41, 5.74) is 6.73. The van der Waals surface area contributed by atoms with E-state index in [0.717, 1.165) is 0 Å². The standard InChI is InChI=1S/C8H8N4O/c9-6-1-2-8(13)7(3-6)12-4-10-11-5-12/h1-5,13H,9H2. The van der Waals surface area contributed by atoms with E-state index in [0.29, 0.717) is 11.4 Å². The summed E-state index contributed by atoms with van der Waals surface area (Å²) in [5.74, 6) is 0.147. The molecule has 0 bridgehead atoms. The van der Waals surface area contributed by atoms with Crippen molar-refractivity contribution in [2.75, 3.05) is 5.73 Å². The van der Waals surface area contributed by atoms with Crippen molar-refractivity contribution in [1.29, 1.82) is 0 Å². The van der Waals surface area contributed by atoms with Crippen molar-refractivity contribution in [3.63, 3.8) is 0 Å². The Kier molecular flexibility index (Phi) is 1.63. The average Bonchev–Trinajstić information content (AvgIpc) is 2.61. The van der Waals surface area contributed by atoms with Crippen molar-refractivity contribution in [3.8, 4) is 11.4 Å². The Bertz CT molecular complexity index is 410. The van der Waals surface area contributed by atoms with E-state index in [9.17, 15) is 5.11 Å². The van der Waals surface area contributed by atoms with Crippen LogP contribution in [0.25, 0.3) is 5.69 Å². The second kappa shape index (κ2) is 2.78. The number of phenols is 1. The highest BCUT2D eigenvalue weighted by atomic mass is 16.3. The molecule has 0 saturated heterocycles. The molecule has 3 N–H and O–H groups in total. The van der Waals surface area contributed by atoms with Gasteiger partial charge >= 0.3 is 0 Å². The molecule has 1 heterocycles. The Morgan fingerprint density at radius 3 is 2.62 bits per heavy atom. The van der Waals surface area contributed by atoms with Gasteiger partial charge in [0, 0.05) is 5.69 Å². The summed E-state index contributed by atoms with van der Waals surface area (Å²) in [6, 6.07) is 4.81. The van der Waals surface area contributed by atoms with Gasteiger partial charge in [0.25, 0.3) is 0 Å². The Balaban J connectivity index is 2.57. The molecule has 66 valence electrons. The van der Waals surface area contributed by atoms with Crippen molar-refractivity contribution >= 4 is 5.69 Å². The van der Waals surface area contributed by atoms with Crippen LogP contribution in [0.1, 0.15) is 0 Å². The minimum atomic E-state index is 0.147. The Hall–Kier alpha value is -2.04. The number of aromatic hydroxyl groups is 1. The summed E-state index contributed by atoms with van der Waals surface area (Å²) in [6.07, 6.45) is 2.99. The normalized spacial score (nSPS) is 10.2. The lowest BCUT2D eigenvalue weighted by Crippen LogP contribution is -1.93. The maximum atomic E-state index is 9.47. The molecule has 0 radical (unpaired) electrons. The van der Waals surface area contributed by atoms with Crippen LogP contribution in [-0.4, -0.2) is 19.9 Å². The monoisotopic (exact) mass is 176 g/mol. The zero-order chi connectivity index (χ0) is 9.26. The van der Waals surface area contributed by atoms with Gasteiger partial charge in [0.1, 0.15) is 18.4 Å². The minimum absolute atomic E-state index is 0.147. The number of nitrogens with zero attached hydrogens (tertiary/aromatic N) is 3. The smallest absolute Gasteiger partial charge is 0.139 e. The third-order valence-corrected chi connectivity index (χ3v) is 1.70. The van der Waals surface area contributed by atoms with E-state index in [1.807, 2.05) is 0 Å². The molecule has 13 heavy (non-hydrogen) atoms. The first-order chi connectivity index (χ1) is 6.27. The maximum Gasteiger partial charge on any atom is 0.139 e. The Labute approximate surface area is 74.4 Å².